The minimum absolute atomic E-state index is 0.0113. The molecule has 0 saturated heterocycles. The van der Waals surface area contributed by atoms with Crippen LogP contribution in [0.1, 0.15) is 69.4 Å². The van der Waals surface area contributed by atoms with Crippen LogP contribution in [0.3, 0.4) is 0 Å². The van der Waals surface area contributed by atoms with E-state index in [4.69, 9.17) is 4.74 Å². The van der Waals surface area contributed by atoms with E-state index in [-0.39, 0.29) is 24.1 Å². The van der Waals surface area contributed by atoms with E-state index >= 15 is 0 Å². The molecule has 0 radical (unpaired) electrons. The van der Waals surface area contributed by atoms with E-state index in [1.165, 1.54) is 31.2 Å². The quantitative estimate of drug-likeness (QED) is 0.603. The number of amides is 1. The number of para-hydroxylation sites is 1. The largest absolute Gasteiger partial charge is 0.487 e. The fraction of sp³-hybridized carbons (Fsp3) is 0.652. The van der Waals surface area contributed by atoms with Gasteiger partial charge in [-0.05, 0) is 44.6 Å². The topological polar surface area (TPSA) is 66.0 Å². The van der Waals surface area contributed by atoms with Crippen molar-refractivity contribution in [3.05, 3.63) is 29.8 Å². The van der Waals surface area contributed by atoms with E-state index in [9.17, 15) is 4.79 Å². The number of guanidine groups is 1. The molecule has 2 aliphatic carbocycles. The highest BCUT2D eigenvalue weighted by atomic mass is 16.5. The maximum Gasteiger partial charge on any atom is 0.243 e. The fourth-order valence-electron chi connectivity index (χ4n) is 4.92. The number of hydrogen-bond donors (Lipinski definition) is 2. The van der Waals surface area contributed by atoms with E-state index < -0.39 is 0 Å². The van der Waals surface area contributed by atoms with Crippen LogP contribution < -0.4 is 15.4 Å². The summed E-state index contributed by atoms with van der Waals surface area (Å²) in [6.07, 6.45) is 10.5. The standard InChI is InChI=1S/C23H34N4O2/c1-27(2)21(28)16-24-22(25-17-9-3-4-10-17)26-19-15-23(13-7-8-14-23)29-20-12-6-5-11-18(19)20/h5-6,11-12,17,19H,3-4,7-10,13-16H2,1-2H3,(H2,24,25,26). The van der Waals surface area contributed by atoms with Crippen molar-refractivity contribution in [1.82, 2.24) is 15.5 Å². The molecular weight excluding hydrogens is 364 g/mol. The average molecular weight is 399 g/mol. The number of likely N-dealkylation sites (N-methyl/N-ethyl adjacent to an activating group) is 1. The van der Waals surface area contributed by atoms with Crippen LogP contribution in [0.15, 0.2) is 29.3 Å². The van der Waals surface area contributed by atoms with Gasteiger partial charge in [0, 0.05) is 32.1 Å². The lowest BCUT2D eigenvalue weighted by Gasteiger charge is -2.40. The Morgan fingerprint density at radius 1 is 1.14 bits per heavy atom. The van der Waals surface area contributed by atoms with Gasteiger partial charge in [-0.25, -0.2) is 4.99 Å². The van der Waals surface area contributed by atoms with Gasteiger partial charge in [-0.2, -0.15) is 0 Å². The molecule has 1 aromatic rings. The normalized spacial score (nSPS) is 23.5. The van der Waals surface area contributed by atoms with E-state index in [2.05, 4.69) is 33.8 Å². The number of rotatable bonds is 4. The molecule has 2 fully saturated rings. The number of aliphatic imine (C=N–C) groups is 1. The Morgan fingerprint density at radius 3 is 2.59 bits per heavy atom. The molecule has 1 unspecified atom stereocenters. The molecular formula is C23H34N4O2. The molecule has 0 bridgehead atoms. The minimum Gasteiger partial charge on any atom is -0.487 e. The first kappa shape index (κ1) is 20.0. The SMILES string of the molecule is CN(C)C(=O)CN=C(NC1CCCC1)NC1CC2(CCCC2)Oc2ccccc21. The van der Waals surface area contributed by atoms with Crippen molar-refractivity contribution >= 4 is 11.9 Å². The smallest absolute Gasteiger partial charge is 0.243 e. The molecule has 2 saturated carbocycles. The second kappa shape index (κ2) is 8.64. The first-order valence-electron chi connectivity index (χ1n) is 11.1. The Balaban J connectivity index is 1.56. The molecule has 1 heterocycles. The maximum atomic E-state index is 12.1. The monoisotopic (exact) mass is 398 g/mol. The lowest BCUT2D eigenvalue weighted by Crippen LogP contribution is -2.48. The molecule has 6 heteroatoms. The molecule has 0 aromatic heterocycles. The third-order valence-electron chi connectivity index (χ3n) is 6.59. The average Bonchev–Trinajstić information content (AvgIpc) is 3.38. The summed E-state index contributed by atoms with van der Waals surface area (Å²) in [5, 5.41) is 7.27. The van der Waals surface area contributed by atoms with Crippen LogP contribution in [0.25, 0.3) is 0 Å². The number of carbonyl (C=O) groups excluding carboxylic acids is 1. The second-order valence-electron chi connectivity index (χ2n) is 9.01. The number of carbonyl (C=O) groups is 1. The van der Waals surface area contributed by atoms with Gasteiger partial charge >= 0.3 is 0 Å². The van der Waals surface area contributed by atoms with Crippen molar-refractivity contribution in [2.24, 2.45) is 4.99 Å². The predicted octanol–water partition coefficient (Wildman–Crippen LogP) is 3.39. The van der Waals surface area contributed by atoms with Gasteiger partial charge in [0.15, 0.2) is 5.96 Å². The van der Waals surface area contributed by atoms with Crippen LogP contribution in [-0.4, -0.2) is 49.0 Å². The third-order valence-corrected chi connectivity index (χ3v) is 6.59. The summed E-state index contributed by atoms with van der Waals surface area (Å²) in [6.45, 7) is 0.158. The highest BCUT2D eigenvalue weighted by Crippen LogP contribution is 2.46. The molecule has 1 aromatic carbocycles. The van der Waals surface area contributed by atoms with Gasteiger partial charge in [-0.3, -0.25) is 4.79 Å². The van der Waals surface area contributed by atoms with Crippen molar-refractivity contribution in [1.29, 1.82) is 0 Å². The Hall–Kier alpha value is -2.24. The number of benzene rings is 1. The van der Waals surface area contributed by atoms with Crippen molar-refractivity contribution in [2.45, 2.75) is 75.5 Å². The molecule has 1 atom stereocenters. The predicted molar refractivity (Wildman–Crippen MR) is 115 cm³/mol. The zero-order chi connectivity index (χ0) is 20.3. The van der Waals surface area contributed by atoms with Gasteiger partial charge in [-0.1, -0.05) is 31.0 Å². The number of nitrogens with one attached hydrogen (secondary N) is 2. The van der Waals surface area contributed by atoms with Gasteiger partial charge in [0.2, 0.25) is 5.91 Å². The van der Waals surface area contributed by atoms with Crippen LogP contribution in [0.4, 0.5) is 0 Å². The van der Waals surface area contributed by atoms with Gasteiger partial charge < -0.3 is 20.3 Å². The van der Waals surface area contributed by atoms with Crippen LogP contribution in [0, 0.1) is 0 Å². The number of ether oxygens (including phenoxy) is 1. The summed E-state index contributed by atoms with van der Waals surface area (Å²) < 4.78 is 6.49. The van der Waals surface area contributed by atoms with Gasteiger partial charge in [0.25, 0.3) is 0 Å². The molecule has 2 N–H and O–H groups in total. The van der Waals surface area contributed by atoms with Gasteiger partial charge in [0.1, 0.15) is 17.9 Å². The molecule has 1 spiro atoms. The molecule has 3 aliphatic rings. The Kier molecular flexibility index (Phi) is 5.97. The van der Waals surface area contributed by atoms with Crippen molar-refractivity contribution in [3.8, 4) is 5.75 Å². The second-order valence-corrected chi connectivity index (χ2v) is 9.01. The summed E-state index contributed by atoms with van der Waals surface area (Å²) in [5.74, 6) is 1.75. The first-order valence-corrected chi connectivity index (χ1v) is 11.1. The molecule has 29 heavy (non-hydrogen) atoms. The first-order chi connectivity index (χ1) is 14.0. The van der Waals surface area contributed by atoms with Crippen LogP contribution in [0.2, 0.25) is 0 Å². The molecule has 1 aliphatic heterocycles. The molecule has 6 nitrogen and oxygen atoms in total. The van der Waals surface area contributed by atoms with E-state index in [0.717, 1.165) is 43.8 Å². The zero-order valence-corrected chi connectivity index (χ0v) is 17.7. The Labute approximate surface area is 174 Å². The number of hydrogen-bond acceptors (Lipinski definition) is 3. The lowest BCUT2D eigenvalue weighted by molar-refractivity contribution is -0.127. The van der Waals surface area contributed by atoms with E-state index in [1.54, 1.807) is 19.0 Å². The van der Waals surface area contributed by atoms with Crippen molar-refractivity contribution in [3.63, 3.8) is 0 Å². The van der Waals surface area contributed by atoms with Crippen LogP contribution in [-0.2, 0) is 4.79 Å². The zero-order valence-electron chi connectivity index (χ0n) is 17.7. The third kappa shape index (κ3) is 4.68. The molecule has 1 amide bonds. The summed E-state index contributed by atoms with van der Waals surface area (Å²) in [7, 11) is 3.54. The Morgan fingerprint density at radius 2 is 1.86 bits per heavy atom. The molecule has 4 rings (SSSR count). The highest BCUT2D eigenvalue weighted by Gasteiger charge is 2.43. The van der Waals surface area contributed by atoms with Gasteiger partial charge in [0.05, 0.1) is 6.04 Å². The van der Waals surface area contributed by atoms with Crippen LogP contribution >= 0.6 is 0 Å². The molecule has 158 valence electrons. The number of fused-ring (bicyclic) bond motifs is 1. The minimum atomic E-state index is -0.0655. The van der Waals surface area contributed by atoms with Gasteiger partial charge in [-0.15, -0.1) is 0 Å². The summed E-state index contributed by atoms with van der Waals surface area (Å²) in [6, 6.07) is 8.92. The summed E-state index contributed by atoms with van der Waals surface area (Å²) in [4.78, 5) is 18.4. The Bertz CT molecular complexity index is 749. The number of nitrogens with zero attached hydrogens (tertiary/aromatic N) is 2. The summed E-state index contributed by atoms with van der Waals surface area (Å²) >= 11 is 0. The summed E-state index contributed by atoms with van der Waals surface area (Å²) in [5.41, 5.74) is 1.12. The van der Waals surface area contributed by atoms with E-state index in [0.29, 0.717) is 6.04 Å². The lowest BCUT2D eigenvalue weighted by atomic mass is 9.86. The fourth-order valence-corrected chi connectivity index (χ4v) is 4.92. The maximum absolute atomic E-state index is 12.1. The highest BCUT2D eigenvalue weighted by molar-refractivity contribution is 5.85. The van der Waals surface area contributed by atoms with Crippen molar-refractivity contribution in [2.75, 3.05) is 20.6 Å². The van der Waals surface area contributed by atoms with E-state index in [1.807, 2.05) is 6.07 Å². The van der Waals surface area contributed by atoms with Crippen LogP contribution in [0.5, 0.6) is 5.75 Å². The van der Waals surface area contributed by atoms with Crippen molar-refractivity contribution < 1.29 is 9.53 Å².